The van der Waals surface area contributed by atoms with Crippen LogP contribution < -0.4 is 9.47 Å². The minimum absolute atomic E-state index is 0.601. The molecule has 96 valence electrons. The zero-order chi connectivity index (χ0) is 12.7. The number of methoxy groups -OCH3 is 1. The lowest BCUT2D eigenvalue weighted by Gasteiger charge is -2.13. The van der Waals surface area contributed by atoms with E-state index >= 15 is 0 Å². The van der Waals surface area contributed by atoms with Gasteiger partial charge in [-0.25, -0.2) is 0 Å². The van der Waals surface area contributed by atoms with Crippen molar-refractivity contribution in [3.8, 4) is 11.5 Å². The number of ether oxygens (including phenoxy) is 2. The van der Waals surface area contributed by atoms with Gasteiger partial charge in [0, 0.05) is 5.88 Å². The maximum Gasteiger partial charge on any atom is 0.161 e. The molecule has 0 N–H and O–H groups in total. The van der Waals surface area contributed by atoms with E-state index < -0.39 is 0 Å². The Labute approximate surface area is 109 Å². The van der Waals surface area contributed by atoms with Crippen LogP contribution in [0.25, 0.3) is 0 Å². The molecule has 0 fully saturated rings. The summed E-state index contributed by atoms with van der Waals surface area (Å²) in [6.45, 7) is 4.93. The summed E-state index contributed by atoms with van der Waals surface area (Å²) in [4.78, 5) is 0. The Kier molecular flexibility index (Phi) is 6.20. The van der Waals surface area contributed by atoms with Crippen LogP contribution in [0.1, 0.15) is 25.3 Å². The molecule has 1 rings (SSSR count). The summed E-state index contributed by atoms with van der Waals surface area (Å²) in [6, 6.07) is 5.97. The first-order chi connectivity index (χ1) is 8.17. The third kappa shape index (κ3) is 4.86. The number of aryl methyl sites for hydroxylation is 1. The van der Waals surface area contributed by atoms with Gasteiger partial charge < -0.3 is 9.47 Å². The van der Waals surface area contributed by atoms with Crippen LogP contribution in [0.15, 0.2) is 18.2 Å². The van der Waals surface area contributed by atoms with Gasteiger partial charge in [0.15, 0.2) is 11.5 Å². The first-order valence-electron chi connectivity index (χ1n) is 6.00. The predicted octanol–water partition coefficient (Wildman–Crippen LogP) is 4.04. The second kappa shape index (κ2) is 7.44. The minimum Gasteiger partial charge on any atom is -0.493 e. The van der Waals surface area contributed by atoms with E-state index in [1.165, 1.54) is 5.56 Å². The van der Waals surface area contributed by atoms with E-state index in [0.717, 1.165) is 30.2 Å². The molecule has 0 aliphatic rings. The van der Waals surface area contributed by atoms with Crippen molar-refractivity contribution in [1.82, 2.24) is 0 Å². The fraction of sp³-hybridized carbons (Fsp3) is 0.571. The van der Waals surface area contributed by atoms with E-state index in [9.17, 15) is 0 Å². The van der Waals surface area contributed by atoms with Crippen LogP contribution in [-0.4, -0.2) is 19.6 Å². The molecule has 0 saturated carbocycles. The Morgan fingerprint density at radius 3 is 2.65 bits per heavy atom. The van der Waals surface area contributed by atoms with Crippen molar-refractivity contribution in [3.63, 3.8) is 0 Å². The predicted molar refractivity (Wildman–Crippen MR) is 72.3 cm³/mol. The summed E-state index contributed by atoms with van der Waals surface area (Å²) in [6.07, 6.45) is 2.06. The average molecular weight is 257 g/mol. The fourth-order valence-electron chi connectivity index (χ4n) is 1.59. The Balaban J connectivity index is 2.46. The second-order valence-corrected chi connectivity index (χ2v) is 4.75. The zero-order valence-corrected chi connectivity index (χ0v) is 11.6. The topological polar surface area (TPSA) is 18.5 Å². The molecule has 0 heterocycles. The Morgan fingerprint density at radius 1 is 1.24 bits per heavy atom. The van der Waals surface area contributed by atoms with Crippen LogP contribution in [0.2, 0.25) is 0 Å². The molecule has 1 atom stereocenters. The van der Waals surface area contributed by atoms with E-state index in [-0.39, 0.29) is 0 Å². The highest BCUT2D eigenvalue weighted by Crippen LogP contribution is 2.28. The number of hydrogen-bond donors (Lipinski definition) is 0. The lowest BCUT2D eigenvalue weighted by atomic mass is 10.1. The molecule has 0 aromatic heterocycles. The Morgan fingerprint density at radius 2 is 2.00 bits per heavy atom. The summed E-state index contributed by atoms with van der Waals surface area (Å²) < 4.78 is 11.0. The third-order valence-corrected chi connectivity index (χ3v) is 3.01. The van der Waals surface area contributed by atoms with Gasteiger partial charge in [-0.2, -0.15) is 0 Å². The van der Waals surface area contributed by atoms with Crippen molar-refractivity contribution >= 4 is 11.6 Å². The van der Waals surface area contributed by atoms with E-state index in [4.69, 9.17) is 21.1 Å². The number of alkyl halides is 1. The lowest BCUT2D eigenvalue weighted by Crippen LogP contribution is -2.05. The largest absolute Gasteiger partial charge is 0.493 e. The fourth-order valence-corrected chi connectivity index (χ4v) is 1.97. The molecule has 3 heteroatoms. The smallest absolute Gasteiger partial charge is 0.161 e. The summed E-state index contributed by atoms with van der Waals surface area (Å²) >= 11 is 5.70. The summed E-state index contributed by atoms with van der Waals surface area (Å²) in [7, 11) is 1.66. The van der Waals surface area contributed by atoms with Crippen LogP contribution in [0.5, 0.6) is 11.5 Å². The van der Waals surface area contributed by atoms with Crippen molar-refractivity contribution < 1.29 is 9.47 Å². The summed E-state index contributed by atoms with van der Waals surface area (Å²) in [5, 5.41) is 0. The standard InChI is InChI=1S/C14H21ClO2/c1-11(6-8-15)7-9-17-13-5-4-12(2)10-14(13)16-3/h4-5,10-11H,6-9H2,1-3H3. The van der Waals surface area contributed by atoms with E-state index in [1.54, 1.807) is 7.11 Å². The van der Waals surface area contributed by atoms with Gasteiger partial charge in [-0.15, -0.1) is 11.6 Å². The molecule has 0 aliphatic carbocycles. The molecule has 0 radical (unpaired) electrons. The van der Waals surface area contributed by atoms with Crippen LogP contribution in [-0.2, 0) is 0 Å². The SMILES string of the molecule is COc1cc(C)ccc1OCCC(C)CCCl. The van der Waals surface area contributed by atoms with Crippen molar-refractivity contribution in [2.45, 2.75) is 26.7 Å². The number of hydrogen-bond acceptors (Lipinski definition) is 2. The molecule has 1 unspecified atom stereocenters. The maximum absolute atomic E-state index is 5.73. The van der Waals surface area contributed by atoms with Crippen molar-refractivity contribution in [3.05, 3.63) is 23.8 Å². The molecular weight excluding hydrogens is 236 g/mol. The number of halogens is 1. The highest BCUT2D eigenvalue weighted by Gasteiger charge is 2.06. The van der Waals surface area contributed by atoms with Crippen LogP contribution in [0.4, 0.5) is 0 Å². The minimum atomic E-state index is 0.601. The highest BCUT2D eigenvalue weighted by molar-refractivity contribution is 6.17. The third-order valence-electron chi connectivity index (χ3n) is 2.79. The molecule has 0 amide bonds. The summed E-state index contributed by atoms with van der Waals surface area (Å²) in [5.74, 6) is 2.93. The normalized spacial score (nSPS) is 12.2. The quantitative estimate of drug-likeness (QED) is 0.686. The van der Waals surface area contributed by atoms with Crippen molar-refractivity contribution in [2.75, 3.05) is 19.6 Å². The van der Waals surface area contributed by atoms with E-state index in [0.29, 0.717) is 12.5 Å². The molecule has 1 aromatic carbocycles. The lowest BCUT2D eigenvalue weighted by molar-refractivity contribution is 0.267. The van der Waals surface area contributed by atoms with Gasteiger partial charge in [-0.1, -0.05) is 13.0 Å². The first kappa shape index (κ1) is 14.2. The van der Waals surface area contributed by atoms with Gasteiger partial charge in [-0.3, -0.25) is 0 Å². The molecule has 0 spiro atoms. The van der Waals surface area contributed by atoms with Crippen molar-refractivity contribution in [1.29, 1.82) is 0 Å². The van der Waals surface area contributed by atoms with Gasteiger partial charge in [-0.05, 0) is 43.4 Å². The van der Waals surface area contributed by atoms with Gasteiger partial charge in [0.1, 0.15) is 0 Å². The van der Waals surface area contributed by atoms with Gasteiger partial charge in [0.05, 0.1) is 13.7 Å². The monoisotopic (exact) mass is 256 g/mol. The van der Waals surface area contributed by atoms with E-state index in [1.807, 2.05) is 25.1 Å². The molecule has 2 nitrogen and oxygen atoms in total. The van der Waals surface area contributed by atoms with Crippen LogP contribution in [0, 0.1) is 12.8 Å². The van der Waals surface area contributed by atoms with Gasteiger partial charge >= 0.3 is 0 Å². The van der Waals surface area contributed by atoms with Crippen molar-refractivity contribution in [2.24, 2.45) is 5.92 Å². The summed E-state index contributed by atoms with van der Waals surface area (Å²) in [5.41, 5.74) is 1.17. The highest BCUT2D eigenvalue weighted by atomic mass is 35.5. The molecule has 0 aliphatic heterocycles. The van der Waals surface area contributed by atoms with Gasteiger partial charge in [0.25, 0.3) is 0 Å². The van der Waals surface area contributed by atoms with E-state index in [2.05, 4.69) is 6.92 Å². The Bertz CT molecular complexity index is 339. The Hall–Kier alpha value is -0.890. The number of rotatable bonds is 7. The van der Waals surface area contributed by atoms with Crippen LogP contribution in [0.3, 0.4) is 0 Å². The molecule has 17 heavy (non-hydrogen) atoms. The van der Waals surface area contributed by atoms with Gasteiger partial charge in [0.2, 0.25) is 0 Å². The maximum atomic E-state index is 5.73. The number of benzene rings is 1. The molecular formula is C14H21ClO2. The molecule has 1 aromatic rings. The molecule has 0 bridgehead atoms. The average Bonchev–Trinajstić information content (AvgIpc) is 2.31. The first-order valence-corrected chi connectivity index (χ1v) is 6.54. The zero-order valence-electron chi connectivity index (χ0n) is 10.8. The molecule has 0 saturated heterocycles. The second-order valence-electron chi connectivity index (χ2n) is 4.37. The van der Waals surface area contributed by atoms with Crippen LogP contribution >= 0.6 is 11.6 Å².